The van der Waals surface area contributed by atoms with E-state index in [0.717, 1.165) is 35.0 Å². The lowest BCUT2D eigenvalue weighted by molar-refractivity contribution is -0.278. The van der Waals surface area contributed by atoms with E-state index in [9.17, 15) is 0 Å². The Labute approximate surface area is 113 Å². The predicted octanol–water partition coefficient (Wildman–Crippen LogP) is 4.62. The molecular formula is C16H23Br. The third-order valence-corrected chi connectivity index (χ3v) is 9.06. The molecule has 0 aromatic rings. The van der Waals surface area contributed by atoms with Crippen molar-refractivity contribution < 1.29 is 0 Å². The van der Waals surface area contributed by atoms with Crippen molar-refractivity contribution in [2.24, 2.45) is 40.4 Å². The molecule has 7 aliphatic carbocycles. The van der Waals surface area contributed by atoms with Gasteiger partial charge in [-0.2, -0.15) is 0 Å². The second-order valence-electron chi connectivity index (χ2n) is 8.72. The van der Waals surface area contributed by atoms with Crippen molar-refractivity contribution in [3.63, 3.8) is 0 Å². The molecule has 4 atom stereocenters. The second-order valence-corrected chi connectivity index (χ2v) is 10.4. The van der Waals surface area contributed by atoms with Crippen LogP contribution in [-0.4, -0.2) is 4.32 Å². The van der Waals surface area contributed by atoms with Crippen LogP contribution in [0.15, 0.2) is 0 Å². The van der Waals surface area contributed by atoms with Gasteiger partial charge < -0.3 is 0 Å². The Balaban J connectivity index is 1.76. The molecular weight excluding hydrogens is 272 g/mol. The summed E-state index contributed by atoms with van der Waals surface area (Å²) in [6.45, 7) is 5.34. The van der Waals surface area contributed by atoms with Crippen LogP contribution in [0.2, 0.25) is 0 Å². The van der Waals surface area contributed by atoms with Gasteiger partial charge in [0.15, 0.2) is 0 Å². The minimum absolute atomic E-state index is 0.549. The highest BCUT2D eigenvalue weighted by atomic mass is 79.9. The summed E-state index contributed by atoms with van der Waals surface area (Å²) >= 11 is 4.17. The van der Waals surface area contributed by atoms with Gasteiger partial charge in [-0.1, -0.05) is 29.8 Å². The quantitative estimate of drug-likeness (QED) is 0.572. The normalized spacial score (nSPS) is 74.6. The first kappa shape index (κ1) is 10.3. The van der Waals surface area contributed by atoms with E-state index in [2.05, 4.69) is 29.8 Å². The lowest BCUT2D eigenvalue weighted by Crippen LogP contribution is -2.73. The van der Waals surface area contributed by atoms with Crippen molar-refractivity contribution in [3.05, 3.63) is 0 Å². The maximum absolute atomic E-state index is 4.17. The molecule has 7 rings (SSSR count). The van der Waals surface area contributed by atoms with Crippen molar-refractivity contribution in [1.82, 2.24) is 0 Å². The minimum atomic E-state index is 0.549. The first-order valence-electron chi connectivity index (χ1n) is 7.64. The highest BCUT2D eigenvalue weighted by Crippen LogP contribution is 2.81. The average molecular weight is 295 g/mol. The summed E-state index contributed by atoms with van der Waals surface area (Å²) in [5, 5.41) is 0. The Morgan fingerprint density at radius 2 is 1.41 bits per heavy atom. The van der Waals surface area contributed by atoms with E-state index < -0.39 is 0 Å². The highest BCUT2D eigenvalue weighted by molar-refractivity contribution is 9.10. The molecule has 4 unspecified atom stereocenters. The van der Waals surface area contributed by atoms with E-state index in [1.165, 1.54) is 19.3 Å². The third kappa shape index (κ3) is 0.914. The first-order chi connectivity index (χ1) is 7.95. The van der Waals surface area contributed by atoms with Gasteiger partial charge in [0.05, 0.1) is 0 Å². The Morgan fingerprint density at radius 1 is 0.824 bits per heavy atom. The number of hydrogen-bond donors (Lipinski definition) is 0. The molecule has 0 N–H and O–H groups in total. The monoisotopic (exact) mass is 294 g/mol. The molecule has 0 nitrogen and oxygen atoms in total. The summed E-state index contributed by atoms with van der Waals surface area (Å²) in [5.74, 6) is 5.41. The zero-order valence-electron chi connectivity index (χ0n) is 11.0. The molecule has 0 heterocycles. The van der Waals surface area contributed by atoms with Crippen LogP contribution in [-0.2, 0) is 0 Å². The van der Waals surface area contributed by atoms with E-state index in [-0.39, 0.29) is 0 Å². The molecule has 7 fully saturated rings. The maximum atomic E-state index is 4.17. The lowest BCUT2D eigenvalue weighted by Gasteiger charge is -2.79. The first-order valence-corrected chi connectivity index (χ1v) is 8.43. The summed E-state index contributed by atoms with van der Waals surface area (Å²) in [6, 6.07) is 0. The summed E-state index contributed by atoms with van der Waals surface area (Å²) < 4.78 is 0.549. The van der Waals surface area contributed by atoms with Crippen molar-refractivity contribution in [2.75, 3.05) is 0 Å². The van der Waals surface area contributed by atoms with Crippen LogP contribution < -0.4 is 0 Å². The van der Waals surface area contributed by atoms with E-state index >= 15 is 0 Å². The van der Waals surface area contributed by atoms with Gasteiger partial charge in [0.2, 0.25) is 0 Å². The van der Waals surface area contributed by atoms with Crippen LogP contribution in [0.1, 0.15) is 52.4 Å². The average Bonchev–Trinajstić information content (AvgIpc) is 2.24. The molecule has 0 saturated heterocycles. The fraction of sp³-hybridized carbons (Fsp3) is 1.00. The van der Waals surface area contributed by atoms with Crippen molar-refractivity contribution >= 4 is 15.9 Å². The highest BCUT2D eigenvalue weighted by Gasteiger charge is 2.74. The second kappa shape index (κ2) is 2.53. The van der Waals surface area contributed by atoms with Gasteiger partial charge in [0.1, 0.15) is 0 Å². The minimum Gasteiger partial charge on any atom is -0.0853 e. The van der Waals surface area contributed by atoms with Crippen LogP contribution in [0.3, 0.4) is 0 Å². The summed E-state index contributed by atoms with van der Waals surface area (Å²) in [4.78, 5) is 0. The Morgan fingerprint density at radius 3 is 2.00 bits per heavy atom. The zero-order chi connectivity index (χ0) is 11.6. The Hall–Kier alpha value is 0.480. The number of hydrogen-bond acceptors (Lipinski definition) is 0. The molecule has 8 bridgehead atoms. The van der Waals surface area contributed by atoms with Gasteiger partial charge in [-0.3, -0.25) is 0 Å². The van der Waals surface area contributed by atoms with Gasteiger partial charge in [-0.15, -0.1) is 0 Å². The number of rotatable bonds is 0. The van der Waals surface area contributed by atoms with E-state index in [4.69, 9.17) is 0 Å². The van der Waals surface area contributed by atoms with Crippen molar-refractivity contribution in [2.45, 2.75) is 56.7 Å². The smallest absolute Gasteiger partial charge is 0.0269 e. The van der Waals surface area contributed by atoms with Crippen molar-refractivity contribution in [3.8, 4) is 0 Å². The van der Waals surface area contributed by atoms with E-state index in [1.54, 1.807) is 19.3 Å². The number of halogens is 1. The fourth-order valence-electron chi connectivity index (χ4n) is 7.87. The summed E-state index contributed by atoms with van der Waals surface area (Å²) in [7, 11) is 0. The van der Waals surface area contributed by atoms with E-state index in [1.807, 2.05) is 0 Å². The van der Waals surface area contributed by atoms with Gasteiger partial charge in [0.25, 0.3) is 0 Å². The summed E-state index contributed by atoms with van der Waals surface area (Å²) in [5.41, 5.74) is 1.46. The molecule has 0 amide bonds. The Bertz CT molecular complexity index is 388. The molecule has 0 aromatic heterocycles. The van der Waals surface area contributed by atoms with Gasteiger partial charge in [0, 0.05) is 4.32 Å². The topological polar surface area (TPSA) is 0 Å². The standard InChI is InChI=1S/C16H23Br/c1-14-5-9-3-10-12(14)6-16(17)7-13(14)11(4-9)15(10,2)8-16/h9-13H,3-8H2,1-2H3. The van der Waals surface area contributed by atoms with E-state index in [0.29, 0.717) is 9.74 Å². The Kier molecular flexibility index (Phi) is 1.53. The molecule has 0 aromatic carbocycles. The molecule has 0 spiro atoms. The molecule has 94 valence electrons. The third-order valence-electron chi connectivity index (χ3n) is 8.13. The molecule has 7 saturated carbocycles. The van der Waals surface area contributed by atoms with Gasteiger partial charge >= 0.3 is 0 Å². The van der Waals surface area contributed by atoms with Crippen LogP contribution in [0, 0.1) is 40.4 Å². The predicted molar refractivity (Wildman–Crippen MR) is 73.0 cm³/mol. The largest absolute Gasteiger partial charge is 0.0853 e. The van der Waals surface area contributed by atoms with Crippen LogP contribution in [0.5, 0.6) is 0 Å². The van der Waals surface area contributed by atoms with Crippen LogP contribution in [0.4, 0.5) is 0 Å². The van der Waals surface area contributed by atoms with Crippen LogP contribution >= 0.6 is 15.9 Å². The molecule has 1 heteroatoms. The number of alkyl halides is 1. The zero-order valence-corrected chi connectivity index (χ0v) is 12.6. The molecule has 7 aliphatic rings. The SMILES string of the molecule is CC12CC3CC4C1CC1(Br)CC2C(C3)C4(C)C1. The molecule has 0 aliphatic heterocycles. The lowest BCUT2D eigenvalue weighted by atomic mass is 9.27. The fourth-order valence-corrected chi connectivity index (χ4v) is 9.17. The maximum Gasteiger partial charge on any atom is 0.0269 e. The van der Waals surface area contributed by atoms with Gasteiger partial charge in [-0.25, -0.2) is 0 Å². The van der Waals surface area contributed by atoms with Crippen molar-refractivity contribution in [1.29, 1.82) is 0 Å². The summed E-state index contributed by atoms with van der Waals surface area (Å²) in [6.07, 6.45) is 9.24. The molecule has 17 heavy (non-hydrogen) atoms. The molecule has 0 radical (unpaired) electrons. The van der Waals surface area contributed by atoms with Gasteiger partial charge in [-0.05, 0) is 78.9 Å². The van der Waals surface area contributed by atoms with Crippen LogP contribution in [0.25, 0.3) is 0 Å².